The molecule has 0 saturated heterocycles. The quantitative estimate of drug-likeness (QED) is 0.163. The van der Waals surface area contributed by atoms with Crippen LogP contribution in [0, 0.1) is 0 Å². The van der Waals surface area contributed by atoms with Crippen LogP contribution in [0.3, 0.4) is 0 Å². The van der Waals surface area contributed by atoms with Gasteiger partial charge in [0.15, 0.2) is 0 Å². The molecule has 264 valence electrons. The number of hydrogen-bond acceptors (Lipinski definition) is 2. The maximum Gasteiger partial charge on any atom is 0.0540 e. The Labute approximate surface area is 320 Å². The standard InChI is InChI=1S/C52H46N2/c1-51(2)33-34-52(3,4)48-36-44(31-32-47(48)51)54(50-26-14-18-39-16-9-11-24-46(39)50)42-29-27-37(28-30-42)40-19-12-22-43(35-40)53(41-20-6-5-7-21-41)49-25-13-17-38-15-8-10-23-45(38)49/h5-32,35-36H,33-34H2,1-4H3. The van der Waals surface area contributed by atoms with Gasteiger partial charge in [0.05, 0.1) is 11.4 Å². The van der Waals surface area contributed by atoms with Crippen molar-refractivity contribution in [2.45, 2.75) is 51.4 Å². The Bertz CT molecular complexity index is 2610. The summed E-state index contributed by atoms with van der Waals surface area (Å²) in [6.45, 7) is 9.63. The molecule has 0 saturated carbocycles. The summed E-state index contributed by atoms with van der Waals surface area (Å²) in [4.78, 5) is 4.83. The molecule has 0 bridgehead atoms. The summed E-state index contributed by atoms with van der Waals surface area (Å²) in [6.07, 6.45) is 2.38. The van der Waals surface area contributed by atoms with Crippen molar-refractivity contribution in [2.24, 2.45) is 0 Å². The third kappa shape index (κ3) is 6.02. The molecule has 54 heavy (non-hydrogen) atoms. The SMILES string of the molecule is CC1(C)CCC(C)(C)c2cc(N(c3ccc(-c4cccc(N(c5ccccc5)c5cccc6ccccc56)c4)cc3)c3cccc4ccccc34)ccc21. The Balaban J connectivity index is 1.15. The molecule has 0 radical (unpaired) electrons. The van der Waals surface area contributed by atoms with Crippen molar-refractivity contribution in [1.29, 1.82) is 0 Å². The van der Waals surface area contributed by atoms with Crippen molar-refractivity contribution in [2.75, 3.05) is 9.80 Å². The molecule has 8 aromatic carbocycles. The van der Waals surface area contributed by atoms with Crippen LogP contribution in [0.1, 0.15) is 51.7 Å². The van der Waals surface area contributed by atoms with E-state index in [4.69, 9.17) is 0 Å². The van der Waals surface area contributed by atoms with Crippen molar-refractivity contribution in [3.63, 3.8) is 0 Å². The molecular formula is C52H46N2. The number of fused-ring (bicyclic) bond motifs is 3. The fourth-order valence-corrected chi connectivity index (χ4v) is 8.58. The fourth-order valence-electron chi connectivity index (χ4n) is 8.58. The van der Waals surface area contributed by atoms with Gasteiger partial charge >= 0.3 is 0 Å². The lowest BCUT2D eigenvalue weighted by Gasteiger charge is -2.42. The molecule has 0 aliphatic heterocycles. The minimum atomic E-state index is 0.111. The molecule has 0 N–H and O–H groups in total. The van der Waals surface area contributed by atoms with E-state index >= 15 is 0 Å². The van der Waals surface area contributed by atoms with Gasteiger partial charge in [0.25, 0.3) is 0 Å². The van der Waals surface area contributed by atoms with E-state index in [0.717, 1.165) is 22.7 Å². The first-order valence-corrected chi connectivity index (χ1v) is 19.2. The summed E-state index contributed by atoms with van der Waals surface area (Å²) in [7, 11) is 0. The van der Waals surface area contributed by atoms with Gasteiger partial charge in [-0.2, -0.15) is 0 Å². The van der Waals surface area contributed by atoms with Crippen molar-refractivity contribution in [1.82, 2.24) is 0 Å². The Morgan fingerprint density at radius 1 is 0.352 bits per heavy atom. The Kier molecular flexibility index (Phi) is 8.35. The first-order valence-electron chi connectivity index (χ1n) is 19.2. The zero-order valence-electron chi connectivity index (χ0n) is 31.6. The molecule has 0 aromatic heterocycles. The maximum absolute atomic E-state index is 2.47. The van der Waals surface area contributed by atoms with Crippen molar-refractivity contribution in [3.05, 3.63) is 193 Å². The summed E-state index contributed by atoms with van der Waals surface area (Å²) in [5.74, 6) is 0. The summed E-state index contributed by atoms with van der Waals surface area (Å²) in [5, 5.41) is 4.93. The van der Waals surface area contributed by atoms with Crippen LogP contribution in [0.2, 0.25) is 0 Å². The topological polar surface area (TPSA) is 6.48 Å². The van der Waals surface area contributed by atoms with Gasteiger partial charge in [-0.1, -0.05) is 149 Å². The molecule has 0 fully saturated rings. The zero-order chi connectivity index (χ0) is 36.9. The third-order valence-corrected chi connectivity index (χ3v) is 11.7. The second kappa shape index (κ2) is 13.4. The molecule has 0 atom stereocenters. The first kappa shape index (κ1) is 33.7. The lowest BCUT2D eigenvalue weighted by Crippen LogP contribution is -2.34. The summed E-state index contributed by atoms with van der Waals surface area (Å²) < 4.78 is 0. The van der Waals surface area contributed by atoms with E-state index in [1.807, 2.05) is 0 Å². The van der Waals surface area contributed by atoms with Crippen LogP contribution >= 0.6 is 0 Å². The number of hydrogen-bond donors (Lipinski definition) is 0. The van der Waals surface area contributed by atoms with E-state index in [0.29, 0.717) is 0 Å². The van der Waals surface area contributed by atoms with Crippen LogP contribution in [0.4, 0.5) is 34.1 Å². The Hall–Kier alpha value is -6.12. The van der Waals surface area contributed by atoms with Crippen molar-refractivity contribution >= 4 is 55.7 Å². The highest BCUT2D eigenvalue weighted by atomic mass is 15.1. The molecule has 2 nitrogen and oxygen atoms in total. The van der Waals surface area contributed by atoms with Crippen LogP contribution < -0.4 is 9.80 Å². The van der Waals surface area contributed by atoms with E-state index in [1.165, 1.54) is 68.0 Å². The second-order valence-electron chi connectivity index (χ2n) is 16.1. The van der Waals surface area contributed by atoms with E-state index in [-0.39, 0.29) is 10.8 Å². The zero-order valence-corrected chi connectivity index (χ0v) is 31.6. The molecule has 8 aromatic rings. The molecule has 9 rings (SSSR count). The van der Waals surface area contributed by atoms with Gasteiger partial charge in [0.1, 0.15) is 0 Å². The second-order valence-corrected chi connectivity index (χ2v) is 16.1. The van der Waals surface area contributed by atoms with Crippen LogP contribution in [0.25, 0.3) is 32.7 Å². The van der Waals surface area contributed by atoms with Gasteiger partial charge in [-0.25, -0.2) is 0 Å². The van der Waals surface area contributed by atoms with Gasteiger partial charge in [-0.3, -0.25) is 0 Å². The monoisotopic (exact) mass is 698 g/mol. The highest BCUT2D eigenvalue weighted by Gasteiger charge is 2.37. The highest BCUT2D eigenvalue weighted by Crippen LogP contribution is 2.49. The number of rotatable bonds is 7. The number of para-hydroxylation sites is 1. The van der Waals surface area contributed by atoms with Crippen LogP contribution in [0.15, 0.2) is 182 Å². The lowest BCUT2D eigenvalue weighted by molar-refractivity contribution is 0.332. The van der Waals surface area contributed by atoms with Crippen LogP contribution in [-0.4, -0.2) is 0 Å². The van der Waals surface area contributed by atoms with Crippen molar-refractivity contribution < 1.29 is 0 Å². The van der Waals surface area contributed by atoms with E-state index < -0.39 is 0 Å². The number of anilines is 6. The Morgan fingerprint density at radius 3 is 1.44 bits per heavy atom. The first-order chi connectivity index (χ1) is 26.3. The third-order valence-electron chi connectivity index (χ3n) is 11.7. The normalized spacial score (nSPS) is 14.4. The lowest BCUT2D eigenvalue weighted by atomic mass is 9.63. The van der Waals surface area contributed by atoms with Crippen molar-refractivity contribution in [3.8, 4) is 11.1 Å². The minimum Gasteiger partial charge on any atom is -0.310 e. The van der Waals surface area contributed by atoms with E-state index in [9.17, 15) is 0 Å². The molecule has 0 unspecified atom stereocenters. The predicted molar refractivity (Wildman–Crippen MR) is 232 cm³/mol. The molecule has 1 aliphatic rings. The largest absolute Gasteiger partial charge is 0.310 e. The number of benzene rings is 8. The van der Waals surface area contributed by atoms with Gasteiger partial charge in [0.2, 0.25) is 0 Å². The fraction of sp³-hybridized carbons (Fsp3) is 0.154. The molecule has 0 spiro atoms. The summed E-state index contributed by atoms with van der Waals surface area (Å²) in [5.41, 5.74) is 12.5. The average Bonchev–Trinajstić information content (AvgIpc) is 3.21. The van der Waals surface area contributed by atoms with Gasteiger partial charge in [0, 0.05) is 33.5 Å². The molecule has 0 heterocycles. The summed E-state index contributed by atoms with van der Waals surface area (Å²) >= 11 is 0. The van der Waals surface area contributed by atoms with E-state index in [1.54, 1.807) is 0 Å². The van der Waals surface area contributed by atoms with E-state index in [2.05, 4.69) is 219 Å². The van der Waals surface area contributed by atoms with Crippen LogP contribution in [-0.2, 0) is 10.8 Å². The average molecular weight is 699 g/mol. The van der Waals surface area contributed by atoms with Gasteiger partial charge in [-0.15, -0.1) is 0 Å². The smallest absolute Gasteiger partial charge is 0.0540 e. The molecule has 2 heteroatoms. The van der Waals surface area contributed by atoms with Crippen LogP contribution in [0.5, 0.6) is 0 Å². The molecule has 0 amide bonds. The van der Waals surface area contributed by atoms with Gasteiger partial charge < -0.3 is 9.80 Å². The predicted octanol–water partition coefficient (Wildman–Crippen LogP) is 14.9. The maximum atomic E-state index is 2.47. The molecular weight excluding hydrogens is 653 g/mol. The van der Waals surface area contributed by atoms with Gasteiger partial charge in [-0.05, 0) is 117 Å². The minimum absolute atomic E-state index is 0.111. The molecule has 1 aliphatic carbocycles. The Morgan fingerprint density at radius 2 is 0.815 bits per heavy atom. The number of nitrogens with zero attached hydrogens (tertiary/aromatic N) is 2. The highest BCUT2D eigenvalue weighted by molar-refractivity contribution is 6.00. The summed E-state index contributed by atoms with van der Waals surface area (Å²) in [6, 6.07) is 66.6.